The van der Waals surface area contributed by atoms with Crippen molar-refractivity contribution < 1.29 is 13.9 Å². The number of anilines is 1. The van der Waals surface area contributed by atoms with E-state index in [0.717, 1.165) is 16.7 Å². The van der Waals surface area contributed by atoms with Crippen molar-refractivity contribution >= 4 is 11.7 Å². The molecule has 4 heteroatoms. The fourth-order valence-corrected chi connectivity index (χ4v) is 2.13. The molecule has 3 nitrogen and oxygen atoms in total. The third kappa shape index (κ3) is 3.60. The first kappa shape index (κ1) is 15.0. The van der Waals surface area contributed by atoms with Gasteiger partial charge in [-0.1, -0.05) is 23.8 Å². The van der Waals surface area contributed by atoms with Crippen LogP contribution in [0.25, 0.3) is 0 Å². The van der Waals surface area contributed by atoms with Crippen LogP contribution in [0.15, 0.2) is 36.4 Å². The van der Waals surface area contributed by atoms with Crippen molar-refractivity contribution in [3.63, 3.8) is 0 Å². The number of benzene rings is 2. The molecule has 2 aromatic rings. The predicted molar refractivity (Wildman–Crippen MR) is 81.0 cm³/mol. The van der Waals surface area contributed by atoms with Crippen LogP contribution in [0.2, 0.25) is 0 Å². The van der Waals surface area contributed by atoms with Crippen LogP contribution < -0.4 is 5.32 Å². The Bertz CT molecular complexity index is 668. The van der Waals surface area contributed by atoms with E-state index >= 15 is 0 Å². The summed E-state index contributed by atoms with van der Waals surface area (Å²) in [5.74, 6) is -0.885. The first-order valence-electron chi connectivity index (χ1n) is 6.69. The fourth-order valence-electron chi connectivity index (χ4n) is 2.13. The largest absolute Gasteiger partial charge is 0.465 e. The number of carbonyl (C=O) groups is 1. The number of aryl methyl sites for hydroxylation is 2. The highest BCUT2D eigenvalue weighted by molar-refractivity contribution is 5.95. The van der Waals surface area contributed by atoms with Gasteiger partial charge in [0, 0.05) is 6.54 Å². The van der Waals surface area contributed by atoms with Crippen LogP contribution in [0.5, 0.6) is 0 Å². The number of hydrogen-bond donors (Lipinski definition) is 1. The number of halogens is 1. The second-order valence-corrected chi connectivity index (χ2v) is 4.96. The smallest absolute Gasteiger partial charge is 0.339 e. The molecule has 0 aliphatic heterocycles. The van der Waals surface area contributed by atoms with Crippen LogP contribution >= 0.6 is 0 Å². The first-order chi connectivity index (χ1) is 10.0. The maximum Gasteiger partial charge on any atom is 0.339 e. The van der Waals surface area contributed by atoms with Crippen molar-refractivity contribution in [2.24, 2.45) is 0 Å². The molecule has 0 saturated heterocycles. The molecule has 0 unspecified atom stereocenters. The Morgan fingerprint density at radius 2 is 1.95 bits per heavy atom. The summed E-state index contributed by atoms with van der Waals surface area (Å²) < 4.78 is 18.1. The van der Waals surface area contributed by atoms with E-state index in [4.69, 9.17) is 4.74 Å². The fraction of sp³-hybridized carbons (Fsp3) is 0.235. The highest BCUT2D eigenvalue weighted by atomic mass is 19.1. The Kier molecular flexibility index (Phi) is 4.58. The summed E-state index contributed by atoms with van der Waals surface area (Å²) in [7, 11) is 1.31. The van der Waals surface area contributed by atoms with Gasteiger partial charge in [0.15, 0.2) is 0 Å². The Hall–Kier alpha value is -2.36. The lowest BCUT2D eigenvalue weighted by Crippen LogP contribution is -2.09. The minimum Gasteiger partial charge on any atom is -0.465 e. The summed E-state index contributed by atoms with van der Waals surface area (Å²) in [5.41, 5.74) is 4.16. The molecule has 0 aromatic heterocycles. The summed E-state index contributed by atoms with van der Waals surface area (Å²) >= 11 is 0. The minimum atomic E-state index is -0.488. The van der Waals surface area contributed by atoms with E-state index in [1.807, 2.05) is 26.0 Å². The van der Waals surface area contributed by atoms with Crippen molar-refractivity contribution in [3.05, 3.63) is 64.5 Å². The molecule has 0 atom stereocenters. The number of hydrogen-bond acceptors (Lipinski definition) is 3. The number of rotatable bonds is 4. The van der Waals surface area contributed by atoms with Gasteiger partial charge in [-0.3, -0.25) is 0 Å². The molecule has 1 N–H and O–H groups in total. The van der Waals surface area contributed by atoms with Gasteiger partial charge in [-0.05, 0) is 43.2 Å². The van der Waals surface area contributed by atoms with Gasteiger partial charge in [0.05, 0.1) is 18.4 Å². The molecule has 0 spiro atoms. The van der Waals surface area contributed by atoms with E-state index in [9.17, 15) is 9.18 Å². The maximum absolute atomic E-state index is 13.4. The molecule has 21 heavy (non-hydrogen) atoms. The zero-order valence-corrected chi connectivity index (χ0v) is 12.4. The lowest BCUT2D eigenvalue weighted by Gasteiger charge is -2.13. The highest BCUT2D eigenvalue weighted by Crippen LogP contribution is 2.20. The zero-order chi connectivity index (χ0) is 15.4. The number of ether oxygens (including phenoxy) is 1. The second kappa shape index (κ2) is 6.39. The molecule has 0 radical (unpaired) electrons. The molecule has 0 bridgehead atoms. The van der Waals surface area contributed by atoms with Crippen molar-refractivity contribution in [1.29, 1.82) is 0 Å². The lowest BCUT2D eigenvalue weighted by atomic mass is 10.1. The number of carbonyl (C=O) groups excluding carboxylic acids is 1. The predicted octanol–water partition coefficient (Wildman–Crippen LogP) is 3.84. The van der Waals surface area contributed by atoms with Gasteiger partial charge in [-0.2, -0.15) is 0 Å². The maximum atomic E-state index is 13.4. The molecule has 2 aromatic carbocycles. The standard InChI is InChI=1S/C17H18FNO2/c1-11-4-5-12(2)13(8-11)10-19-16-9-14(18)6-7-15(16)17(20)21-3/h4-9,19H,10H2,1-3H3. The molecule has 0 amide bonds. The molecule has 2 rings (SSSR count). The molecule has 110 valence electrons. The van der Waals surface area contributed by atoms with Gasteiger partial charge in [-0.25, -0.2) is 9.18 Å². The molecular weight excluding hydrogens is 269 g/mol. The molecular formula is C17H18FNO2. The van der Waals surface area contributed by atoms with Crippen LogP contribution in [-0.4, -0.2) is 13.1 Å². The van der Waals surface area contributed by atoms with Gasteiger partial charge in [0.25, 0.3) is 0 Å². The Morgan fingerprint density at radius 1 is 1.19 bits per heavy atom. The van der Waals surface area contributed by atoms with Crippen LogP contribution in [0.1, 0.15) is 27.0 Å². The Balaban J connectivity index is 2.25. The summed E-state index contributed by atoms with van der Waals surface area (Å²) in [6.07, 6.45) is 0. The quantitative estimate of drug-likeness (QED) is 0.868. The van der Waals surface area contributed by atoms with Gasteiger partial charge < -0.3 is 10.1 Å². The van der Waals surface area contributed by atoms with E-state index in [0.29, 0.717) is 17.8 Å². The van der Waals surface area contributed by atoms with Crippen molar-refractivity contribution in [2.45, 2.75) is 20.4 Å². The molecule has 0 fully saturated rings. The van der Waals surface area contributed by atoms with E-state index in [-0.39, 0.29) is 0 Å². The van der Waals surface area contributed by atoms with Crippen molar-refractivity contribution in [2.75, 3.05) is 12.4 Å². The number of methoxy groups -OCH3 is 1. The van der Waals surface area contributed by atoms with Crippen molar-refractivity contribution in [1.82, 2.24) is 0 Å². The summed E-state index contributed by atoms with van der Waals surface area (Å²) in [6.45, 7) is 4.55. The number of nitrogens with one attached hydrogen (secondary N) is 1. The van der Waals surface area contributed by atoms with Crippen molar-refractivity contribution in [3.8, 4) is 0 Å². The van der Waals surface area contributed by atoms with E-state index in [1.165, 1.54) is 25.3 Å². The van der Waals surface area contributed by atoms with Gasteiger partial charge >= 0.3 is 5.97 Å². The van der Waals surface area contributed by atoms with Crippen LogP contribution in [0.4, 0.5) is 10.1 Å². The highest BCUT2D eigenvalue weighted by Gasteiger charge is 2.12. The molecule has 0 heterocycles. The minimum absolute atomic E-state index is 0.323. The Labute approximate surface area is 123 Å². The average molecular weight is 287 g/mol. The molecule has 0 saturated carbocycles. The summed E-state index contributed by atoms with van der Waals surface area (Å²) in [6, 6.07) is 10.1. The third-order valence-corrected chi connectivity index (χ3v) is 3.36. The molecule has 0 aliphatic carbocycles. The second-order valence-electron chi connectivity index (χ2n) is 4.96. The molecule has 0 aliphatic rings. The van der Waals surface area contributed by atoms with E-state index in [2.05, 4.69) is 11.4 Å². The summed E-state index contributed by atoms with van der Waals surface area (Å²) in [4.78, 5) is 11.7. The van der Waals surface area contributed by atoms with Gasteiger partial charge in [0.1, 0.15) is 5.82 Å². The summed E-state index contributed by atoms with van der Waals surface area (Å²) in [5, 5.41) is 3.11. The van der Waals surface area contributed by atoms with Crippen LogP contribution in [-0.2, 0) is 11.3 Å². The topological polar surface area (TPSA) is 38.3 Å². The van der Waals surface area contributed by atoms with Crippen LogP contribution in [0.3, 0.4) is 0 Å². The lowest BCUT2D eigenvalue weighted by molar-refractivity contribution is 0.0602. The Morgan fingerprint density at radius 3 is 2.67 bits per heavy atom. The van der Waals surface area contributed by atoms with Crippen LogP contribution in [0, 0.1) is 19.7 Å². The third-order valence-electron chi connectivity index (χ3n) is 3.36. The average Bonchev–Trinajstić information content (AvgIpc) is 2.47. The zero-order valence-electron chi connectivity index (χ0n) is 12.4. The van der Waals surface area contributed by atoms with E-state index in [1.54, 1.807) is 0 Å². The van der Waals surface area contributed by atoms with Gasteiger partial charge in [0.2, 0.25) is 0 Å². The normalized spacial score (nSPS) is 10.3. The first-order valence-corrected chi connectivity index (χ1v) is 6.69. The SMILES string of the molecule is COC(=O)c1ccc(F)cc1NCc1cc(C)ccc1C. The number of esters is 1. The van der Waals surface area contributed by atoms with Gasteiger partial charge in [-0.15, -0.1) is 0 Å². The van der Waals surface area contributed by atoms with E-state index < -0.39 is 11.8 Å². The monoisotopic (exact) mass is 287 g/mol.